The Morgan fingerprint density at radius 1 is 1.17 bits per heavy atom. The zero-order valence-electron chi connectivity index (χ0n) is 21.7. The van der Waals surface area contributed by atoms with Crippen molar-refractivity contribution in [3.8, 4) is 0 Å². The van der Waals surface area contributed by atoms with Crippen molar-refractivity contribution in [1.82, 2.24) is 25.1 Å². The Bertz CT molecular complexity index is 893. The number of halogens is 1. The van der Waals surface area contributed by atoms with Crippen LogP contribution >= 0.6 is 0 Å². The lowest BCUT2D eigenvalue weighted by Crippen LogP contribution is -2.76. The molecule has 0 aromatic heterocycles. The average molecular weight is 490 g/mol. The van der Waals surface area contributed by atoms with E-state index in [9.17, 15) is 18.8 Å². The van der Waals surface area contributed by atoms with Crippen LogP contribution in [0.2, 0.25) is 0 Å². The molecule has 3 atom stereocenters. The molecule has 4 amide bonds. The summed E-state index contributed by atoms with van der Waals surface area (Å²) in [5, 5.41) is 6.09. The number of carbonyl (C=O) groups is 3. The third-order valence-corrected chi connectivity index (χ3v) is 7.09. The van der Waals surface area contributed by atoms with Crippen molar-refractivity contribution in [2.24, 2.45) is 11.8 Å². The molecular weight excluding hydrogens is 449 g/mol. The molecule has 1 aromatic carbocycles. The van der Waals surface area contributed by atoms with Gasteiger partial charge in [0.2, 0.25) is 11.8 Å². The van der Waals surface area contributed by atoms with Crippen LogP contribution in [-0.2, 0) is 16.1 Å². The maximum atomic E-state index is 13.6. The first-order valence-electron chi connectivity index (χ1n) is 12.8. The number of benzene rings is 1. The van der Waals surface area contributed by atoms with Gasteiger partial charge in [0.25, 0.3) is 0 Å². The molecule has 9 heteroatoms. The van der Waals surface area contributed by atoms with E-state index in [0.717, 1.165) is 31.2 Å². The highest BCUT2D eigenvalue weighted by molar-refractivity contribution is 5.91. The van der Waals surface area contributed by atoms with Gasteiger partial charge in [0, 0.05) is 20.1 Å². The van der Waals surface area contributed by atoms with Gasteiger partial charge in [-0.3, -0.25) is 9.59 Å². The SMILES string of the molecule is CCCCC(CC)CN1C[C@H]2N(C(=O)CN(C)N2C(=O)NCc2ccc(F)cc2)[C@@H](C(C)C)C1=O. The van der Waals surface area contributed by atoms with E-state index >= 15 is 0 Å². The summed E-state index contributed by atoms with van der Waals surface area (Å²) in [6, 6.07) is 5.01. The number of hydrazine groups is 1. The van der Waals surface area contributed by atoms with Gasteiger partial charge in [-0.1, -0.05) is 59.1 Å². The quantitative estimate of drug-likeness (QED) is 0.577. The molecule has 2 saturated heterocycles. The number of urea groups is 1. The van der Waals surface area contributed by atoms with Crippen LogP contribution in [-0.4, -0.2) is 76.6 Å². The van der Waals surface area contributed by atoms with E-state index in [1.165, 1.54) is 12.1 Å². The summed E-state index contributed by atoms with van der Waals surface area (Å²) in [5.74, 6) is -0.211. The molecular formula is C26H40FN5O3. The minimum Gasteiger partial charge on any atom is -0.337 e. The summed E-state index contributed by atoms with van der Waals surface area (Å²) < 4.78 is 13.2. The van der Waals surface area contributed by atoms with Crippen LogP contribution in [0.4, 0.5) is 9.18 Å². The highest BCUT2D eigenvalue weighted by Crippen LogP contribution is 2.30. The molecule has 2 heterocycles. The molecule has 0 radical (unpaired) electrons. The van der Waals surface area contributed by atoms with Gasteiger partial charge in [0.05, 0.1) is 13.1 Å². The molecule has 0 saturated carbocycles. The number of amides is 4. The molecule has 0 bridgehead atoms. The van der Waals surface area contributed by atoms with Crippen molar-refractivity contribution in [3.63, 3.8) is 0 Å². The fourth-order valence-corrected chi connectivity index (χ4v) is 5.12. The van der Waals surface area contributed by atoms with Crippen molar-refractivity contribution in [3.05, 3.63) is 35.6 Å². The molecule has 1 aromatic rings. The van der Waals surface area contributed by atoms with Crippen molar-refractivity contribution < 1.29 is 18.8 Å². The van der Waals surface area contributed by atoms with E-state index in [2.05, 4.69) is 19.2 Å². The average Bonchev–Trinajstić information content (AvgIpc) is 2.81. The first-order valence-corrected chi connectivity index (χ1v) is 12.8. The molecule has 35 heavy (non-hydrogen) atoms. The van der Waals surface area contributed by atoms with Gasteiger partial charge in [-0.05, 0) is 36.0 Å². The highest BCUT2D eigenvalue weighted by atomic mass is 19.1. The molecule has 2 fully saturated rings. The third-order valence-electron chi connectivity index (χ3n) is 7.09. The normalized spacial score (nSPS) is 22.0. The number of rotatable bonds is 9. The van der Waals surface area contributed by atoms with Crippen LogP contribution in [0.25, 0.3) is 0 Å². The summed E-state index contributed by atoms with van der Waals surface area (Å²) in [7, 11) is 1.72. The van der Waals surface area contributed by atoms with Gasteiger partial charge in [-0.2, -0.15) is 0 Å². The lowest BCUT2D eigenvalue weighted by atomic mass is 9.93. The van der Waals surface area contributed by atoms with Crippen molar-refractivity contribution in [1.29, 1.82) is 0 Å². The van der Waals surface area contributed by atoms with Gasteiger partial charge in [-0.15, -0.1) is 0 Å². The standard InChI is InChI=1S/C26H40FN5O3/c1-6-8-9-19(7-2)15-30-16-22-31(24(18(3)4)25(30)34)23(33)17-29(5)32(22)26(35)28-14-20-10-12-21(27)13-11-20/h10-13,18-19,22,24H,6-9,14-17H2,1-5H3,(H,28,35)/t19?,22-,24-/m0/s1. The molecule has 8 nitrogen and oxygen atoms in total. The Hall–Kier alpha value is -2.68. The third kappa shape index (κ3) is 6.12. The predicted octanol–water partition coefficient (Wildman–Crippen LogP) is 3.44. The van der Waals surface area contributed by atoms with Crippen molar-refractivity contribution >= 4 is 17.8 Å². The predicted molar refractivity (Wildman–Crippen MR) is 132 cm³/mol. The van der Waals surface area contributed by atoms with E-state index in [-0.39, 0.29) is 49.2 Å². The second-order valence-corrected chi connectivity index (χ2v) is 10.1. The highest BCUT2D eigenvalue weighted by Gasteiger charge is 2.51. The van der Waals surface area contributed by atoms with E-state index in [0.29, 0.717) is 12.5 Å². The number of nitrogens with zero attached hydrogens (tertiary/aromatic N) is 4. The molecule has 3 rings (SSSR count). The minimum atomic E-state index is -0.606. The largest absolute Gasteiger partial charge is 0.337 e. The Balaban J connectivity index is 1.84. The monoisotopic (exact) mass is 489 g/mol. The number of piperazine rings is 1. The number of likely N-dealkylation sites (N-methyl/N-ethyl adjacent to an activating group) is 1. The number of hydrogen-bond acceptors (Lipinski definition) is 4. The zero-order valence-corrected chi connectivity index (χ0v) is 21.7. The van der Waals surface area contributed by atoms with E-state index in [1.807, 2.05) is 18.7 Å². The Kier molecular flexibility index (Phi) is 9.10. The van der Waals surface area contributed by atoms with Crippen molar-refractivity contribution in [2.75, 3.05) is 26.7 Å². The second-order valence-electron chi connectivity index (χ2n) is 10.1. The number of nitrogens with one attached hydrogen (secondary N) is 1. The molecule has 1 N–H and O–H groups in total. The van der Waals surface area contributed by atoms with Crippen LogP contribution in [0.3, 0.4) is 0 Å². The van der Waals surface area contributed by atoms with Gasteiger partial charge < -0.3 is 15.1 Å². The Labute approximate surface area is 208 Å². The van der Waals surface area contributed by atoms with Crippen molar-refractivity contribution in [2.45, 2.75) is 72.1 Å². The van der Waals surface area contributed by atoms with Gasteiger partial charge in [-0.25, -0.2) is 19.2 Å². The van der Waals surface area contributed by atoms with Crippen LogP contribution in [0.1, 0.15) is 58.9 Å². The van der Waals surface area contributed by atoms with Crippen LogP contribution in [0, 0.1) is 17.7 Å². The Morgan fingerprint density at radius 2 is 1.86 bits per heavy atom. The number of hydrogen-bond donors (Lipinski definition) is 1. The summed E-state index contributed by atoms with van der Waals surface area (Å²) in [4.78, 5) is 43.5. The molecule has 0 spiro atoms. The molecule has 2 aliphatic rings. The van der Waals surface area contributed by atoms with Gasteiger partial charge >= 0.3 is 6.03 Å². The fourth-order valence-electron chi connectivity index (χ4n) is 5.12. The minimum absolute atomic E-state index is 0.0189. The number of carbonyl (C=O) groups excluding carboxylic acids is 3. The lowest BCUT2D eigenvalue weighted by molar-refractivity contribution is -0.190. The maximum Gasteiger partial charge on any atom is 0.334 e. The van der Waals surface area contributed by atoms with Gasteiger partial charge in [0.1, 0.15) is 18.0 Å². The molecule has 0 aliphatic carbocycles. The van der Waals surface area contributed by atoms with E-state index in [1.54, 1.807) is 34.1 Å². The van der Waals surface area contributed by atoms with Crippen LogP contribution in [0.5, 0.6) is 0 Å². The van der Waals surface area contributed by atoms with E-state index in [4.69, 9.17) is 0 Å². The summed E-state index contributed by atoms with van der Waals surface area (Å²) in [6.07, 6.45) is 3.67. The first-order chi connectivity index (χ1) is 16.7. The zero-order chi connectivity index (χ0) is 25.7. The number of unbranched alkanes of at least 4 members (excludes halogenated alkanes) is 1. The summed E-state index contributed by atoms with van der Waals surface area (Å²) >= 11 is 0. The van der Waals surface area contributed by atoms with Crippen LogP contribution in [0.15, 0.2) is 24.3 Å². The first kappa shape index (κ1) is 26.9. The molecule has 194 valence electrons. The smallest absolute Gasteiger partial charge is 0.334 e. The van der Waals surface area contributed by atoms with Gasteiger partial charge in [0.15, 0.2) is 0 Å². The van der Waals surface area contributed by atoms with E-state index < -0.39 is 12.2 Å². The topological polar surface area (TPSA) is 76.2 Å². The summed E-state index contributed by atoms with van der Waals surface area (Å²) in [6.45, 7) is 9.37. The van der Waals surface area contributed by atoms with Crippen LogP contribution < -0.4 is 5.32 Å². The fraction of sp³-hybridized carbons (Fsp3) is 0.654. The molecule has 1 unspecified atom stereocenters. The maximum absolute atomic E-state index is 13.6. The molecule has 2 aliphatic heterocycles. The lowest BCUT2D eigenvalue weighted by Gasteiger charge is -2.55. The second kappa shape index (κ2) is 11.8. The summed E-state index contributed by atoms with van der Waals surface area (Å²) in [5.41, 5.74) is 0.773. The Morgan fingerprint density at radius 3 is 2.46 bits per heavy atom. The number of fused-ring (bicyclic) bond motifs is 1.